The van der Waals surface area contributed by atoms with Crippen molar-refractivity contribution in [3.05, 3.63) is 33.8 Å². The van der Waals surface area contributed by atoms with Crippen molar-refractivity contribution >= 4 is 17.2 Å². The fourth-order valence-corrected chi connectivity index (χ4v) is 4.17. The van der Waals surface area contributed by atoms with Gasteiger partial charge in [-0.25, -0.2) is 9.97 Å². The Hall–Kier alpha value is -1.69. The molecule has 1 amide bonds. The van der Waals surface area contributed by atoms with Crippen LogP contribution in [0.4, 0.5) is 0 Å². The Morgan fingerprint density at radius 2 is 2.22 bits per heavy atom. The van der Waals surface area contributed by atoms with Gasteiger partial charge in [-0.05, 0) is 26.2 Å². The number of rotatable bonds is 6. The highest BCUT2D eigenvalue weighted by molar-refractivity contribution is 7.11. The lowest BCUT2D eigenvalue weighted by Crippen LogP contribution is -2.33. The molecule has 1 unspecified atom stereocenters. The van der Waals surface area contributed by atoms with Gasteiger partial charge in [-0.3, -0.25) is 4.79 Å². The van der Waals surface area contributed by atoms with Gasteiger partial charge in [0.1, 0.15) is 11.9 Å². The lowest BCUT2D eigenvalue weighted by molar-refractivity contribution is -0.123. The zero-order chi connectivity index (χ0) is 16.4. The summed E-state index contributed by atoms with van der Waals surface area (Å²) < 4.78 is 1.96. The van der Waals surface area contributed by atoms with E-state index in [4.69, 9.17) is 0 Å². The standard InChI is InChI=1S/C17H24N4OS/c1-11(2)16-18-9-10-21(16)12(3)17(22)19-8-7-15-20-13-5-4-6-14(13)23-15/h9-12H,4-8H2,1-3H3,(H,19,22). The summed E-state index contributed by atoms with van der Waals surface area (Å²) in [7, 11) is 0. The Morgan fingerprint density at radius 1 is 1.39 bits per heavy atom. The van der Waals surface area contributed by atoms with Crippen LogP contribution in [0.5, 0.6) is 0 Å². The van der Waals surface area contributed by atoms with Crippen molar-refractivity contribution in [2.45, 2.75) is 58.4 Å². The smallest absolute Gasteiger partial charge is 0.242 e. The van der Waals surface area contributed by atoms with E-state index in [1.165, 1.54) is 23.4 Å². The molecule has 3 rings (SSSR count). The summed E-state index contributed by atoms with van der Waals surface area (Å²) in [6.45, 7) is 6.73. The topological polar surface area (TPSA) is 59.8 Å². The number of hydrogen-bond donors (Lipinski definition) is 1. The third kappa shape index (κ3) is 3.47. The zero-order valence-corrected chi connectivity index (χ0v) is 14.8. The summed E-state index contributed by atoms with van der Waals surface area (Å²) in [5.41, 5.74) is 1.28. The first kappa shape index (κ1) is 16.2. The second kappa shape index (κ2) is 6.83. The fourth-order valence-electron chi connectivity index (χ4n) is 3.02. The number of fused-ring (bicyclic) bond motifs is 1. The summed E-state index contributed by atoms with van der Waals surface area (Å²) >= 11 is 1.81. The van der Waals surface area contributed by atoms with Gasteiger partial charge in [-0.1, -0.05) is 13.8 Å². The van der Waals surface area contributed by atoms with Crippen molar-refractivity contribution in [1.29, 1.82) is 0 Å². The summed E-state index contributed by atoms with van der Waals surface area (Å²) in [5.74, 6) is 1.29. The normalized spacial score (nSPS) is 15.0. The average molecular weight is 332 g/mol. The zero-order valence-electron chi connectivity index (χ0n) is 14.0. The van der Waals surface area contributed by atoms with E-state index in [9.17, 15) is 4.79 Å². The van der Waals surface area contributed by atoms with Gasteiger partial charge in [0.15, 0.2) is 0 Å². The van der Waals surface area contributed by atoms with E-state index in [1.54, 1.807) is 6.20 Å². The van der Waals surface area contributed by atoms with Crippen molar-refractivity contribution in [3.8, 4) is 0 Å². The fraction of sp³-hybridized carbons (Fsp3) is 0.588. The molecule has 0 aromatic carbocycles. The van der Waals surface area contributed by atoms with Gasteiger partial charge in [-0.2, -0.15) is 0 Å². The first-order chi connectivity index (χ1) is 11.1. The molecule has 124 valence electrons. The number of carbonyl (C=O) groups excluding carboxylic acids is 1. The van der Waals surface area contributed by atoms with Gasteiger partial charge < -0.3 is 9.88 Å². The van der Waals surface area contributed by atoms with Gasteiger partial charge in [0.2, 0.25) is 5.91 Å². The monoisotopic (exact) mass is 332 g/mol. The van der Waals surface area contributed by atoms with Gasteiger partial charge in [0.25, 0.3) is 0 Å². The third-order valence-corrected chi connectivity index (χ3v) is 5.51. The Kier molecular flexibility index (Phi) is 4.80. The van der Waals surface area contributed by atoms with Crippen LogP contribution in [0, 0.1) is 0 Å². The molecular formula is C17H24N4OS. The number of nitrogens with one attached hydrogen (secondary N) is 1. The van der Waals surface area contributed by atoms with Crippen molar-refractivity contribution in [2.75, 3.05) is 6.54 Å². The quantitative estimate of drug-likeness (QED) is 0.885. The number of amides is 1. The van der Waals surface area contributed by atoms with Crippen molar-refractivity contribution in [1.82, 2.24) is 19.9 Å². The summed E-state index contributed by atoms with van der Waals surface area (Å²) in [6.07, 6.45) is 7.99. The second-order valence-corrected chi connectivity index (χ2v) is 7.56. The molecule has 1 aliphatic rings. The minimum Gasteiger partial charge on any atom is -0.354 e. The molecule has 0 fully saturated rings. The molecule has 0 saturated carbocycles. The lowest BCUT2D eigenvalue weighted by atomic mass is 10.2. The minimum atomic E-state index is -0.240. The third-order valence-electron chi connectivity index (χ3n) is 4.29. The van der Waals surface area contributed by atoms with E-state index >= 15 is 0 Å². The molecule has 0 spiro atoms. The van der Waals surface area contributed by atoms with E-state index in [-0.39, 0.29) is 11.9 Å². The Morgan fingerprint density at radius 3 is 2.96 bits per heavy atom. The maximum atomic E-state index is 12.4. The SMILES string of the molecule is CC(C)c1nccn1C(C)C(=O)NCCc1nc2c(s1)CCC2. The second-order valence-electron chi connectivity index (χ2n) is 6.40. The van der Waals surface area contributed by atoms with E-state index in [0.29, 0.717) is 12.5 Å². The number of aromatic nitrogens is 3. The molecule has 6 heteroatoms. The number of thiazole rings is 1. The van der Waals surface area contributed by atoms with Crippen LogP contribution in [-0.4, -0.2) is 27.0 Å². The largest absolute Gasteiger partial charge is 0.354 e. The molecule has 23 heavy (non-hydrogen) atoms. The number of hydrogen-bond acceptors (Lipinski definition) is 4. The van der Waals surface area contributed by atoms with E-state index in [2.05, 4.69) is 29.1 Å². The molecule has 2 aromatic rings. The predicted octanol–water partition coefficient (Wildman–Crippen LogP) is 2.87. The number of carbonyl (C=O) groups is 1. The molecule has 1 atom stereocenters. The number of imidazole rings is 1. The van der Waals surface area contributed by atoms with Crippen LogP contribution in [-0.2, 0) is 24.1 Å². The molecule has 2 aromatic heterocycles. The number of aryl methyl sites for hydroxylation is 2. The van der Waals surface area contributed by atoms with Gasteiger partial charge >= 0.3 is 0 Å². The van der Waals surface area contributed by atoms with E-state index in [1.807, 2.05) is 29.0 Å². The molecule has 0 saturated heterocycles. The van der Waals surface area contributed by atoms with Crippen LogP contribution in [0.3, 0.4) is 0 Å². The van der Waals surface area contributed by atoms with Crippen LogP contribution in [0.1, 0.15) is 60.6 Å². The minimum absolute atomic E-state index is 0.0361. The first-order valence-electron chi connectivity index (χ1n) is 8.34. The van der Waals surface area contributed by atoms with Crippen LogP contribution in [0.2, 0.25) is 0 Å². The molecular weight excluding hydrogens is 308 g/mol. The highest BCUT2D eigenvalue weighted by atomic mass is 32.1. The van der Waals surface area contributed by atoms with Crippen molar-refractivity contribution in [3.63, 3.8) is 0 Å². The van der Waals surface area contributed by atoms with E-state index in [0.717, 1.165) is 23.7 Å². The highest BCUT2D eigenvalue weighted by Crippen LogP contribution is 2.27. The van der Waals surface area contributed by atoms with Gasteiger partial charge in [0, 0.05) is 36.2 Å². The van der Waals surface area contributed by atoms with Crippen molar-refractivity contribution < 1.29 is 4.79 Å². The number of nitrogens with zero attached hydrogens (tertiary/aromatic N) is 3. The average Bonchev–Trinajstić information content (AvgIpc) is 3.21. The highest BCUT2D eigenvalue weighted by Gasteiger charge is 2.20. The summed E-state index contributed by atoms with van der Waals surface area (Å²) in [6, 6.07) is -0.240. The molecule has 0 aliphatic heterocycles. The molecule has 0 radical (unpaired) electrons. The van der Waals surface area contributed by atoms with Gasteiger partial charge in [-0.15, -0.1) is 11.3 Å². The lowest BCUT2D eigenvalue weighted by Gasteiger charge is -2.17. The predicted molar refractivity (Wildman–Crippen MR) is 91.9 cm³/mol. The molecule has 5 nitrogen and oxygen atoms in total. The Balaban J connectivity index is 1.53. The van der Waals surface area contributed by atoms with Crippen LogP contribution in [0.25, 0.3) is 0 Å². The van der Waals surface area contributed by atoms with Gasteiger partial charge in [0.05, 0.1) is 10.7 Å². The first-order valence-corrected chi connectivity index (χ1v) is 9.15. The Bertz CT molecular complexity index is 667. The maximum absolute atomic E-state index is 12.4. The van der Waals surface area contributed by atoms with Crippen LogP contribution < -0.4 is 5.32 Å². The molecule has 1 aliphatic carbocycles. The summed E-state index contributed by atoms with van der Waals surface area (Å²) in [4.78, 5) is 22.8. The Labute approximate surface area is 141 Å². The van der Waals surface area contributed by atoms with Crippen molar-refractivity contribution in [2.24, 2.45) is 0 Å². The molecule has 1 N–H and O–H groups in total. The summed E-state index contributed by atoms with van der Waals surface area (Å²) in [5, 5.41) is 4.18. The van der Waals surface area contributed by atoms with Crippen LogP contribution >= 0.6 is 11.3 Å². The molecule has 0 bridgehead atoms. The molecule has 2 heterocycles. The van der Waals surface area contributed by atoms with Crippen LogP contribution in [0.15, 0.2) is 12.4 Å². The maximum Gasteiger partial charge on any atom is 0.242 e. The van der Waals surface area contributed by atoms with E-state index < -0.39 is 0 Å².